The SMILES string of the molecule is CCCCCOC(=O)Nc1cc(=O)n([C@@H]2O[C@H](C)[C@@H](O)[C@H]2O)cc1F. The minimum absolute atomic E-state index is 0.205. The average Bonchev–Trinajstić information content (AvgIpc) is 2.82. The molecule has 0 spiro atoms. The zero-order valence-corrected chi connectivity index (χ0v) is 14.1. The van der Waals surface area contributed by atoms with Crippen molar-refractivity contribution in [3.8, 4) is 0 Å². The molecule has 25 heavy (non-hydrogen) atoms. The number of aliphatic hydroxyl groups is 2. The van der Waals surface area contributed by atoms with E-state index in [2.05, 4.69) is 5.32 Å². The summed E-state index contributed by atoms with van der Waals surface area (Å²) in [5.74, 6) is -0.894. The standard InChI is InChI=1S/C16H23FN2O6/c1-3-4-5-6-24-16(23)18-11-7-12(20)19(8-10(11)17)15-14(22)13(21)9(2)25-15/h7-9,13-15,21-22H,3-6H2,1-2H3,(H,18,23)/t9-,13-,14-,15-/m1/s1. The number of rotatable bonds is 6. The molecule has 9 heteroatoms. The van der Waals surface area contributed by atoms with E-state index in [9.17, 15) is 24.2 Å². The van der Waals surface area contributed by atoms with Gasteiger partial charge in [-0.15, -0.1) is 0 Å². The summed E-state index contributed by atoms with van der Waals surface area (Å²) in [6.45, 7) is 3.74. The summed E-state index contributed by atoms with van der Waals surface area (Å²) in [6, 6.07) is 0.869. The number of hydrogen-bond donors (Lipinski definition) is 3. The number of hydrogen-bond acceptors (Lipinski definition) is 6. The zero-order chi connectivity index (χ0) is 18.6. The van der Waals surface area contributed by atoms with Gasteiger partial charge >= 0.3 is 6.09 Å². The highest BCUT2D eigenvalue weighted by Crippen LogP contribution is 2.28. The Morgan fingerprint density at radius 2 is 2.12 bits per heavy atom. The Hall–Kier alpha value is -1.97. The molecule has 1 fully saturated rings. The summed E-state index contributed by atoms with van der Waals surface area (Å²) >= 11 is 0. The van der Waals surface area contributed by atoms with Gasteiger partial charge in [0.25, 0.3) is 5.56 Å². The van der Waals surface area contributed by atoms with Crippen LogP contribution in [0, 0.1) is 5.82 Å². The Balaban J connectivity index is 2.07. The molecule has 0 saturated carbocycles. The van der Waals surface area contributed by atoms with Gasteiger partial charge in [0, 0.05) is 12.3 Å². The van der Waals surface area contributed by atoms with Gasteiger partial charge in [0.05, 0.1) is 18.4 Å². The molecule has 1 saturated heterocycles. The number of nitrogens with one attached hydrogen (secondary N) is 1. The van der Waals surface area contributed by atoms with E-state index in [4.69, 9.17) is 9.47 Å². The molecule has 0 radical (unpaired) electrons. The Labute approximate surface area is 144 Å². The second kappa shape index (κ2) is 8.41. The van der Waals surface area contributed by atoms with E-state index in [1.54, 1.807) is 0 Å². The van der Waals surface area contributed by atoms with Crippen molar-refractivity contribution >= 4 is 11.8 Å². The highest BCUT2D eigenvalue weighted by Gasteiger charge is 2.41. The summed E-state index contributed by atoms with van der Waals surface area (Å²) in [6.07, 6.45) is -1.92. The molecule has 1 aromatic heterocycles. The van der Waals surface area contributed by atoms with Gasteiger partial charge in [0.1, 0.15) is 12.2 Å². The molecule has 0 aromatic carbocycles. The van der Waals surface area contributed by atoms with E-state index in [1.807, 2.05) is 6.92 Å². The monoisotopic (exact) mass is 358 g/mol. The smallest absolute Gasteiger partial charge is 0.411 e. The van der Waals surface area contributed by atoms with Crippen LogP contribution in [0.1, 0.15) is 39.3 Å². The van der Waals surface area contributed by atoms with Gasteiger partial charge in [-0.25, -0.2) is 9.18 Å². The Morgan fingerprint density at radius 1 is 1.40 bits per heavy atom. The van der Waals surface area contributed by atoms with E-state index in [0.29, 0.717) is 6.42 Å². The molecule has 4 atom stereocenters. The van der Waals surface area contributed by atoms with E-state index in [1.165, 1.54) is 6.92 Å². The normalized spacial score (nSPS) is 25.8. The first kappa shape index (κ1) is 19.4. The van der Waals surface area contributed by atoms with Crippen LogP contribution in [0.4, 0.5) is 14.9 Å². The van der Waals surface area contributed by atoms with Crippen LogP contribution in [0.5, 0.6) is 0 Å². The first-order valence-corrected chi connectivity index (χ1v) is 8.22. The molecule has 1 aliphatic rings. The van der Waals surface area contributed by atoms with E-state index in [0.717, 1.165) is 29.7 Å². The fourth-order valence-electron chi connectivity index (χ4n) is 2.54. The largest absolute Gasteiger partial charge is 0.449 e. The second-order valence-corrected chi connectivity index (χ2v) is 5.96. The molecular formula is C16H23FN2O6. The number of anilines is 1. The number of carbonyl (C=O) groups excluding carboxylic acids is 1. The van der Waals surface area contributed by atoms with Crippen LogP contribution in [0.25, 0.3) is 0 Å². The maximum absolute atomic E-state index is 14.2. The van der Waals surface area contributed by atoms with Gasteiger partial charge in [-0.05, 0) is 13.3 Å². The average molecular weight is 358 g/mol. The third kappa shape index (κ3) is 4.56. The van der Waals surface area contributed by atoms with Crippen molar-refractivity contribution in [2.24, 2.45) is 0 Å². The lowest BCUT2D eigenvalue weighted by Gasteiger charge is -2.18. The number of amides is 1. The van der Waals surface area contributed by atoms with Crippen molar-refractivity contribution in [2.75, 3.05) is 11.9 Å². The van der Waals surface area contributed by atoms with Gasteiger partial charge in [0.15, 0.2) is 12.0 Å². The van der Waals surface area contributed by atoms with E-state index >= 15 is 0 Å². The molecule has 0 aliphatic carbocycles. The minimum atomic E-state index is -1.37. The van der Waals surface area contributed by atoms with Crippen molar-refractivity contribution < 1.29 is 28.9 Å². The van der Waals surface area contributed by atoms with E-state index in [-0.39, 0.29) is 12.3 Å². The first-order valence-electron chi connectivity index (χ1n) is 8.22. The summed E-state index contributed by atoms with van der Waals surface area (Å²) in [4.78, 5) is 23.8. The molecule has 2 rings (SSSR count). The van der Waals surface area contributed by atoms with Crippen LogP contribution < -0.4 is 10.9 Å². The fourth-order valence-corrected chi connectivity index (χ4v) is 2.54. The van der Waals surface area contributed by atoms with E-state index < -0.39 is 42.0 Å². The Bertz CT molecular complexity index is 665. The van der Waals surface area contributed by atoms with Crippen LogP contribution in [0.2, 0.25) is 0 Å². The summed E-state index contributed by atoms with van der Waals surface area (Å²) in [5.41, 5.74) is -1.03. The van der Waals surface area contributed by atoms with Crippen LogP contribution in [-0.4, -0.2) is 45.8 Å². The number of carbonyl (C=O) groups is 1. The molecule has 0 unspecified atom stereocenters. The number of ether oxygens (including phenoxy) is 2. The predicted molar refractivity (Wildman–Crippen MR) is 86.8 cm³/mol. The third-order valence-corrected chi connectivity index (χ3v) is 4.00. The van der Waals surface area contributed by atoms with Gasteiger partial charge in [-0.2, -0.15) is 0 Å². The van der Waals surface area contributed by atoms with Crippen molar-refractivity contribution in [3.63, 3.8) is 0 Å². The summed E-state index contributed by atoms with van der Waals surface area (Å²) in [5, 5.41) is 21.8. The van der Waals surface area contributed by atoms with Gasteiger partial charge < -0.3 is 19.7 Å². The number of unbranched alkanes of at least 4 members (excludes halogenated alkanes) is 2. The molecule has 2 heterocycles. The third-order valence-electron chi connectivity index (χ3n) is 4.00. The molecule has 8 nitrogen and oxygen atoms in total. The van der Waals surface area contributed by atoms with Crippen LogP contribution >= 0.6 is 0 Å². The van der Waals surface area contributed by atoms with Crippen molar-refractivity contribution in [1.82, 2.24) is 4.57 Å². The summed E-state index contributed by atoms with van der Waals surface area (Å²) in [7, 11) is 0. The number of pyridine rings is 1. The number of nitrogens with zero attached hydrogens (tertiary/aromatic N) is 1. The predicted octanol–water partition coefficient (Wildman–Crippen LogP) is 1.37. The molecule has 0 bridgehead atoms. The minimum Gasteiger partial charge on any atom is -0.449 e. The first-order chi connectivity index (χ1) is 11.8. The highest BCUT2D eigenvalue weighted by atomic mass is 19.1. The van der Waals surface area contributed by atoms with Crippen molar-refractivity contribution in [1.29, 1.82) is 0 Å². The molecule has 1 aliphatic heterocycles. The molecular weight excluding hydrogens is 335 g/mol. The molecule has 3 N–H and O–H groups in total. The van der Waals surface area contributed by atoms with Crippen LogP contribution in [0.3, 0.4) is 0 Å². The fraction of sp³-hybridized carbons (Fsp3) is 0.625. The van der Waals surface area contributed by atoms with Gasteiger partial charge in [0.2, 0.25) is 0 Å². The second-order valence-electron chi connectivity index (χ2n) is 5.96. The van der Waals surface area contributed by atoms with Gasteiger partial charge in [-0.1, -0.05) is 19.8 Å². The van der Waals surface area contributed by atoms with Crippen LogP contribution in [-0.2, 0) is 9.47 Å². The Kier molecular flexibility index (Phi) is 6.51. The quantitative estimate of drug-likeness (QED) is 0.663. The number of halogens is 1. The number of aromatic nitrogens is 1. The lowest BCUT2D eigenvalue weighted by molar-refractivity contribution is -0.0347. The van der Waals surface area contributed by atoms with Crippen LogP contribution in [0.15, 0.2) is 17.1 Å². The van der Waals surface area contributed by atoms with Crippen molar-refractivity contribution in [3.05, 3.63) is 28.4 Å². The van der Waals surface area contributed by atoms with Gasteiger partial charge in [-0.3, -0.25) is 14.7 Å². The molecule has 140 valence electrons. The van der Waals surface area contributed by atoms with Crippen molar-refractivity contribution in [2.45, 2.75) is 57.6 Å². The Morgan fingerprint density at radius 3 is 2.72 bits per heavy atom. The summed E-state index contributed by atoms with van der Waals surface area (Å²) < 4.78 is 25.2. The topological polar surface area (TPSA) is 110 Å². The number of aliphatic hydroxyl groups excluding tert-OH is 2. The maximum Gasteiger partial charge on any atom is 0.411 e. The molecule has 1 amide bonds. The maximum atomic E-state index is 14.2. The highest BCUT2D eigenvalue weighted by molar-refractivity contribution is 5.84. The lowest BCUT2D eigenvalue weighted by atomic mass is 10.1. The molecule has 1 aromatic rings. The lowest BCUT2D eigenvalue weighted by Crippen LogP contribution is -2.34. The zero-order valence-electron chi connectivity index (χ0n) is 14.1.